The van der Waals surface area contributed by atoms with Crippen molar-refractivity contribution in [1.82, 2.24) is 0 Å². The van der Waals surface area contributed by atoms with Crippen LogP contribution >= 0.6 is 0 Å². The van der Waals surface area contributed by atoms with Crippen molar-refractivity contribution in [2.24, 2.45) is 11.3 Å². The van der Waals surface area contributed by atoms with Crippen molar-refractivity contribution in [3.8, 4) is 0 Å². The van der Waals surface area contributed by atoms with Gasteiger partial charge in [-0.25, -0.2) is 0 Å². The lowest BCUT2D eigenvalue weighted by Gasteiger charge is -2.28. The first-order chi connectivity index (χ1) is 4.52. The minimum atomic E-state index is 0. The Morgan fingerprint density at radius 2 is 1.82 bits per heavy atom. The Kier molecular flexibility index (Phi) is 3.56. The van der Waals surface area contributed by atoms with Gasteiger partial charge in [0, 0.05) is 6.61 Å². The second-order valence-electron chi connectivity index (χ2n) is 4.34. The Hall–Kier alpha value is -0.0400. The van der Waals surface area contributed by atoms with Crippen molar-refractivity contribution in [2.45, 2.75) is 47.6 Å². The Morgan fingerprint density at radius 1 is 1.27 bits per heavy atom. The predicted molar refractivity (Wildman–Crippen MR) is 49.7 cm³/mol. The fraction of sp³-hybridized carbons (Fsp3) is 1.00. The van der Waals surface area contributed by atoms with E-state index in [1.165, 1.54) is 6.42 Å². The summed E-state index contributed by atoms with van der Waals surface area (Å²) in [5.74, 6) is 0.757. The van der Waals surface area contributed by atoms with Gasteiger partial charge in [0.15, 0.2) is 0 Å². The second kappa shape index (κ2) is 3.57. The highest BCUT2D eigenvalue weighted by Crippen LogP contribution is 2.36. The summed E-state index contributed by atoms with van der Waals surface area (Å²) in [4.78, 5) is 0. The monoisotopic (exact) mass is 158 g/mol. The van der Waals surface area contributed by atoms with Crippen molar-refractivity contribution >= 4 is 0 Å². The molecule has 1 heterocycles. The standard InChI is InChI=1S/C9H18O.CH4/c1-7-8(5-6-10-7)9(2,3)4;/h7-8H,5-6H2,1-4H3;1H4. The van der Waals surface area contributed by atoms with E-state index in [0.717, 1.165) is 12.5 Å². The van der Waals surface area contributed by atoms with Crippen molar-refractivity contribution in [3.63, 3.8) is 0 Å². The minimum absolute atomic E-state index is 0. The lowest BCUT2D eigenvalue weighted by molar-refractivity contribution is 0.0728. The van der Waals surface area contributed by atoms with E-state index in [1.807, 2.05) is 0 Å². The highest BCUT2D eigenvalue weighted by molar-refractivity contribution is 4.82. The maximum absolute atomic E-state index is 5.49. The van der Waals surface area contributed by atoms with Crippen LogP contribution in [0, 0.1) is 11.3 Å². The Labute approximate surface area is 71.1 Å². The van der Waals surface area contributed by atoms with Gasteiger partial charge in [-0.3, -0.25) is 0 Å². The molecular formula is C10H22O. The molecule has 0 aliphatic carbocycles. The molecule has 1 fully saturated rings. The van der Waals surface area contributed by atoms with Crippen LogP contribution in [0.5, 0.6) is 0 Å². The maximum atomic E-state index is 5.49. The lowest BCUT2D eigenvalue weighted by atomic mass is 9.77. The van der Waals surface area contributed by atoms with E-state index in [9.17, 15) is 0 Å². The third kappa shape index (κ3) is 2.48. The van der Waals surface area contributed by atoms with E-state index in [2.05, 4.69) is 27.7 Å². The smallest absolute Gasteiger partial charge is 0.0580 e. The molecule has 2 unspecified atom stereocenters. The summed E-state index contributed by atoms with van der Waals surface area (Å²) in [5.41, 5.74) is 0.427. The average molecular weight is 158 g/mol. The molecule has 0 spiro atoms. The van der Waals surface area contributed by atoms with E-state index in [1.54, 1.807) is 0 Å². The summed E-state index contributed by atoms with van der Waals surface area (Å²) in [5, 5.41) is 0. The highest BCUT2D eigenvalue weighted by Gasteiger charge is 2.33. The minimum Gasteiger partial charge on any atom is -0.378 e. The lowest BCUT2D eigenvalue weighted by Crippen LogP contribution is -2.26. The molecule has 0 radical (unpaired) electrons. The zero-order valence-electron chi connectivity index (χ0n) is 7.48. The topological polar surface area (TPSA) is 9.23 Å². The van der Waals surface area contributed by atoms with E-state index < -0.39 is 0 Å². The molecule has 0 amide bonds. The number of hydrogen-bond donors (Lipinski definition) is 0. The van der Waals surface area contributed by atoms with E-state index >= 15 is 0 Å². The molecule has 1 aliphatic rings. The first-order valence-electron chi connectivity index (χ1n) is 4.13. The van der Waals surface area contributed by atoms with Gasteiger partial charge >= 0.3 is 0 Å². The number of ether oxygens (including phenoxy) is 1. The third-order valence-electron chi connectivity index (χ3n) is 2.49. The van der Waals surface area contributed by atoms with E-state index in [-0.39, 0.29) is 7.43 Å². The van der Waals surface area contributed by atoms with Gasteiger partial charge in [0.25, 0.3) is 0 Å². The van der Waals surface area contributed by atoms with Crippen LogP contribution in [0.15, 0.2) is 0 Å². The van der Waals surface area contributed by atoms with E-state index in [0.29, 0.717) is 11.5 Å². The summed E-state index contributed by atoms with van der Waals surface area (Å²) in [6.45, 7) is 10.0. The van der Waals surface area contributed by atoms with Crippen LogP contribution in [0.25, 0.3) is 0 Å². The predicted octanol–water partition coefficient (Wildman–Crippen LogP) is 3.09. The van der Waals surface area contributed by atoms with E-state index in [4.69, 9.17) is 4.74 Å². The van der Waals surface area contributed by atoms with Gasteiger partial charge in [-0.15, -0.1) is 0 Å². The Bertz CT molecular complexity index is 113. The van der Waals surface area contributed by atoms with Gasteiger partial charge in [-0.05, 0) is 24.7 Å². The zero-order chi connectivity index (χ0) is 7.78. The summed E-state index contributed by atoms with van der Waals surface area (Å²) < 4.78 is 5.49. The van der Waals surface area contributed by atoms with Crippen LogP contribution < -0.4 is 0 Å². The van der Waals surface area contributed by atoms with Crippen LogP contribution in [0.4, 0.5) is 0 Å². The second-order valence-corrected chi connectivity index (χ2v) is 4.34. The average Bonchev–Trinajstić information content (AvgIpc) is 2.11. The molecule has 1 rings (SSSR count). The van der Waals surface area contributed by atoms with Crippen LogP contribution in [0.3, 0.4) is 0 Å². The van der Waals surface area contributed by atoms with Crippen LogP contribution in [-0.2, 0) is 4.74 Å². The molecule has 1 nitrogen and oxygen atoms in total. The van der Waals surface area contributed by atoms with Crippen LogP contribution in [0.2, 0.25) is 0 Å². The number of hydrogen-bond acceptors (Lipinski definition) is 1. The molecule has 1 saturated heterocycles. The molecule has 0 saturated carbocycles. The largest absolute Gasteiger partial charge is 0.378 e. The van der Waals surface area contributed by atoms with Crippen molar-refractivity contribution in [3.05, 3.63) is 0 Å². The fourth-order valence-electron chi connectivity index (χ4n) is 1.87. The molecule has 0 bridgehead atoms. The first-order valence-corrected chi connectivity index (χ1v) is 4.13. The van der Waals surface area contributed by atoms with Gasteiger partial charge in [0.05, 0.1) is 6.10 Å². The molecule has 0 aromatic rings. The molecule has 0 aromatic carbocycles. The quantitative estimate of drug-likeness (QED) is 0.526. The summed E-state index contributed by atoms with van der Waals surface area (Å²) >= 11 is 0. The molecular weight excluding hydrogens is 136 g/mol. The highest BCUT2D eigenvalue weighted by atomic mass is 16.5. The molecule has 68 valence electrons. The molecule has 1 heteroatoms. The Balaban J connectivity index is 0.000001000. The van der Waals surface area contributed by atoms with Gasteiger partial charge in [-0.1, -0.05) is 28.2 Å². The van der Waals surface area contributed by atoms with Crippen LogP contribution in [0.1, 0.15) is 41.5 Å². The molecule has 0 aromatic heterocycles. The normalized spacial score (nSPS) is 31.6. The fourth-order valence-corrected chi connectivity index (χ4v) is 1.87. The Morgan fingerprint density at radius 3 is 2.00 bits per heavy atom. The molecule has 0 N–H and O–H groups in total. The van der Waals surface area contributed by atoms with Gasteiger partial charge in [0.2, 0.25) is 0 Å². The zero-order valence-corrected chi connectivity index (χ0v) is 7.48. The molecule has 1 aliphatic heterocycles. The molecule has 2 atom stereocenters. The summed E-state index contributed by atoms with van der Waals surface area (Å²) in [6.07, 6.45) is 1.71. The third-order valence-corrected chi connectivity index (χ3v) is 2.49. The first kappa shape index (κ1) is 11.0. The summed E-state index contributed by atoms with van der Waals surface area (Å²) in [6, 6.07) is 0. The molecule has 11 heavy (non-hydrogen) atoms. The summed E-state index contributed by atoms with van der Waals surface area (Å²) in [7, 11) is 0. The van der Waals surface area contributed by atoms with Gasteiger partial charge < -0.3 is 4.74 Å². The van der Waals surface area contributed by atoms with Crippen molar-refractivity contribution in [2.75, 3.05) is 6.61 Å². The van der Waals surface area contributed by atoms with Gasteiger partial charge in [0.1, 0.15) is 0 Å². The SMILES string of the molecule is C.CC1OCCC1C(C)(C)C. The van der Waals surface area contributed by atoms with Crippen molar-refractivity contribution in [1.29, 1.82) is 0 Å². The van der Waals surface area contributed by atoms with Crippen LogP contribution in [-0.4, -0.2) is 12.7 Å². The van der Waals surface area contributed by atoms with Crippen molar-refractivity contribution < 1.29 is 4.74 Å². The maximum Gasteiger partial charge on any atom is 0.0580 e. The van der Waals surface area contributed by atoms with Gasteiger partial charge in [-0.2, -0.15) is 0 Å². The number of rotatable bonds is 0.